The normalized spacial score (nSPS) is 12.4. The molecule has 0 spiro atoms. The topological polar surface area (TPSA) is 54.9 Å². The highest BCUT2D eigenvalue weighted by molar-refractivity contribution is 7.91. The van der Waals surface area contributed by atoms with Crippen molar-refractivity contribution >= 4 is 33.1 Å². The number of nitrogens with zero attached hydrogens (tertiary/aromatic N) is 1. The second kappa shape index (κ2) is 6.32. The second-order valence-corrected chi connectivity index (χ2v) is 8.26. The van der Waals surface area contributed by atoms with Crippen molar-refractivity contribution in [2.45, 2.75) is 44.6 Å². The van der Waals surface area contributed by atoms with Crippen LogP contribution in [0.15, 0.2) is 23.1 Å². The number of nitrogens with one attached hydrogen (secondary N) is 1. The first-order valence-corrected chi connectivity index (χ1v) is 9.52. The summed E-state index contributed by atoms with van der Waals surface area (Å²) in [7, 11) is -3.26. The minimum Gasteiger partial charge on any atom is -0.329 e. The zero-order chi connectivity index (χ0) is 15.6. The van der Waals surface area contributed by atoms with Gasteiger partial charge in [0.1, 0.15) is 0 Å². The molecule has 1 aromatic heterocycles. The van der Waals surface area contributed by atoms with Crippen LogP contribution >= 0.6 is 12.2 Å². The van der Waals surface area contributed by atoms with Crippen molar-refractivity contribution < 1.29 is 8.42 Å². The molecule has 0 bridgehead atoms. The summed E-state index contributed by atoms with van der Waals surface area (Å²) in [6.07, 6.45) is 4.61. The molecule has 0 atom stereocenters. The first-order chi connectivity index (χ1) is 9.80. The number of H-pyrrole nitrogens is 1. The summed E-state index contributed by atoms with van der Waals surface area (Å²) in [5.74, 6) is 0.706. The third-order valence-corrected chi connectivity index (χ3v) is 5.05. The van der Waals surface area contributed by atoms with Gasteiger partial charge in [-0.15, -0.1) is 0 Å². The summed E-state index contributed by atoms with van der Waals surface area (Å²) in [5.41, 5.74) is 1.49. The van der Waals surface area contributed by atoms with Crippen LogP contribution in [0.25, 0.3) is 11.0 Å². The number of unbranched alkanes of at least 4 members (excludes halogenated alkanes) is 1. The number of hydrogen-bond acceptors (Lipinski definition) is 3. The summed E-state index contributed by atoms with van der Waals surface area (Å²) < 4.78 is 26.3. The molecular weight excluding hydrogens is 304 g/mol. The largest absolute Gasteiger partial charge is 0.329 e. The average molecular weight is 326 g/mol. The zero-order valence-corrected chi connectivity index (χ0v) is 14.4. The SMILES string of the molecule is CC(C)CCCCn1c(=S)[nH]c2c(S(C)(=O)=O)cccc21. The van der Waals surface area contributed by atoms with Crippen LogP contribution in [0.5, 0.6) is 0 Å². The predicted octanol–water partition coefficient (Wildman–Crippen LogP) is 3.93. The predicted molar refractivity (Wildman–Crippen MR) is 88.9 cm³/mol. The van der Waals surface area contributed by atoms with Crippen LogP contribution in [0.4, 0.5) is 0 Å². The Kier molecular flexibility index (Phi) is 4.88. The van der Waals surface area contributed by atoms with Gasteiger partial charge in [0.25, 0.3) is 0 Å². The Morgan fingerprint density at radius 2 is 2.00 bits per heavy atom. The van der Waals surface area contributed by atoms with Gasteiger partial charge in [-0.2, -0.15) is 0 Å². The summed E-state index contributed by atoms with van der Waals surface area (Å²) >= 11 is 5.35. The van der Waals surface area contributed by atoms with E-state index < -0.39 is 9.84 Å². The Balaban J connectivity index is 2.34. The van der Waals surface area contributed by atoms with Crippen LogP contribution in [0.1, 0.15) is 33.1 Å². The van der Waals surface area contributed by atoms with E-state index in [1.54, 1.807) is 12.1 Å². The number of imidazole rings is 1. The van der Waals surface area contributed by atoms with Crippen molar-refractivity contribution in [3.8, 4) is 0 Å². The Hall–Kier alpha value is -1.14. The number of aryl methyl sites for hydroxylation is 1. The van der Waals surface area contributed by atoms with Gasteiger partial charge in [-0.3, -0.25) is 0 Å². The summed E-state index contributed by atoms with van der Waals surface area (Å²) in [6.45, 7) is 5.25. The summed E-state index contributed by atoms with van der Waals surface area (Å²) in [5, 5.41) is 0. The third kappa shape index (κ3) is 3.74. The molecule has 0 aliphatic carbocycles. The summed E-state index contributed by atoms with van der Waals surface area (Å²) in [4.78, 5) is 3.36. The Bertz CT molecular complexity index is 786. The fourth-order valence-electron chi connectivity index (χ4n) is 2.51. The van der Waals surface area contributed by atoms with Crippen molar-refractivity contribution in [2.75, 3.05) is 6.26 Å². The molecule has 1 N–H and O–H groups in total. The highest BCUT2D eigenvalue weighted by Crippen LogP contribution is 2.23. The lowest BCUT2D eigenvalue weighted by Gasteiger charge is -2.07. The van der Waals surface area contributed by atoms with Crippen molar-refractivity contribution in [1.82, 2.24) is 9.55 Å². The molecule has 0 saturated carbocycles. The Labute approximate surface area is 131 Å². The second-order valence-electron chi connectivity index (χ2n) is 5.89. The molecule has 0 amide bonds. The molecule has 1 heterocycles. The molecule has 1 aromatic carbocycles. The Morgan fingerprint density at radius 3 is 2.62 bits per heavy atom. The first-order valence-electron chi connectivity index (χ1n) is 7.22. The van der Waals surface area contributed by atoms with Crippen LogP contribution in [0.3, 0.4) is 0 Å². The van der Waals surface area contributed by atoms with Gasteiger partial charge in [0.15, 0.2) is 14.6 Å². The fraction of sp³-hybridized carbons (Fsp3) is 0.533. The fourth-order valence-corrected chi connectivity index (χ4v) is 3.65. The molecule has 2 aromatic rings. The average Bonchev–Trinajstić information content (AvgIpc) is 2.69. The minimum absolute atomic E-state index is 0.312. The van der Waals surface area contributed by atoms with E-state index in [4.69, 9.17) is 12.2 Å². The van der Waals surface area contributed by atoms with E-state index in [0.29, 0.717) is 21.1 Å². The van der Waals surface area contributed by atoms with Crippen molar-refractivity contribution in [3.63, 3.8) is 0 Å². The number of hydrogen-bond donors (Lipinski definition) is 1. The van der Waals surface area contributed by atoms with E-state index in [1.165, 1.54) is 12.7 Å². The maximum atomic E-state index is 11.8. The van der Waals surface area contributed by atoms with E-state index in [1.807, 2.05) is 10.6 Å². The quantitative estimate of drug-likeness (QED) is 0.646. The number of aromatic nitrogens is 2. The van der Waals surface area contributed by atoms with Crippen molar-refractivity contribution in [1.29, 1.82) is 0 Å². The maximum absolute atomic E-state index is 11.8. The van der Waals surface area contributed by atoms with Crippen LogP contribution < -0.4 is 0 Å². The van der Waals surface area contributed by atoms with E-state index >= 15 is 0 Å². The number of sulfone groups is 1. The van der Waals surface area contributed by atoms with Gasteiger partial charge >= 0.3 is 0 Å². The Morgan fingerprint density at radius 1 is 1.29 bits per heavy atom. The molecule has 2 rings (SSSR count). The lowest BCUT2D eigenvalue weighted by Crippen LogP contribution is -2.00. The van der Waals surface area contributed by atoms with Crippen LogP contribution in [0, 0.1) is 10.7 Å². The molecule has 6 heteroatoms. The molecule has 0 unspecified atom stereocenters. The first kappa shape index (κ1) is 16.2. The highest BCUT2D eigenvalue weighted by Gasteiger charge is 2.15. The lowest BCUT2D eigenvalue weighted by atomic mass is 10.1. The minimum atomic E-state index is -3.26. The van der Waals surface area contributed by atoms with Crippen molar-refractivity contribution in [2.24, 2.45) is 5.92 Å². The van der Waals surface area contributed by atoms with Gasteiger partial charge in [0.05, 0.1) is 15.9 Å². The number of para-hydroxylation sites is 1. The van der Waals surface area contributed by atoms with Crippen LogP contribution in [-0.2, 0) is 16.4 Å². The molecule has 116 valence electrons. The molecular formula is C15H22N2O2S2. The number of rotatable bonds is 6. The molecule has 0 fully saturated rings. The van der Waals surface area contributed by atoms with Crippen LogP contribution in [0.2, 0.25) is 0 Å². The van der Waals surface area contributed by atoms with Gasteiger partial charge in [0.2, 0.25) is 0 Å². The van der Waals surface area contributed by atoms with Gasteiger partial charge < -0.3 is 9.55 Å². The molecule has 4 nitrogen and oxygen atoms in total. The number of benzene rings is 1. The van der Waals surface area contributed by atoms with Crippen LogP contribution in [-0.4, -0.2) is 24.2 Å². The monoisotopic (exact) mass is 326 g/mol. The molecule has 0 radical (unpaired) electrons. The summed E-state index contributed by atoms with van der Waals surface area (Å²) in [6, 6.07) is 5.30. The highest BCUT2D eigenvalue weighted by atomic mass is 32.2. The number of aromatic amines is 1. The standard InChI is InChI=1S/C15H22N2O2S2/c1-11(2)7-4-5-10-17-12-8-6-9-13(21(3,18)19)14(12)16-15(17)20/h6,8-9,11H,4-5,7,10H2,1-3H3,(H,16,20). The smallest absolute Gasteiger partial charge is 0.178 e. The van der Waals surface area contributed by atoms with Gasteiger partial charge in [-0.25, -0.2) is 8.42 Å². The van der Waals surface area contributed by atoms with E-state index in [0.717, 1.165) is 24.9 Å². The van der Waals surface area contributed by atoms with E-state index in [-0.39, 0.29) is 0 Å². The lowest BCUT2D eigenvalue weighted by molar-refractivity contribution is 0.511. The van der Waals surface area contributed by atoms with Gasteiger partial charge in [-0.05, 0) is 36.7 Å². The molecule has 0 saturated heterocycles. The third-order valence-electron chi connectivity index (χ3n) is 3.58. The molecule has 0 aliphatic heterocycles. The van der Waals surface area contributed by atoms with Crippen molar-refractivity contribution in [3.05, 3.63) is 23.0 Å². The molecule has 0 aliphatic rings. The van der Waals surface area contributed by atoms with Gasteiger partial charge in [-0.1, -0.05) is 32.8 Å². The number of fused-ring (bicyclic) bond motifs is 1. The maximum Gasteiger partial charge on any atom is 0.178 e. The van der Waals surface area contributed by atoms with E-state index in [2.05, 4.69) is 18.8 Å². The molecule has 21 heavy (non-hydrogen) atoms. The van der Waals surface area contributed by atoms with Gasteiger partial charge in [0, 0.05) is 12.8 Å². The zero-order valence-electron chi connectivity index (χ0n) is 12.7. The van der Waals surface area contributed by atoms with E-state index in [9.17, 15) is 8.42 Å².